The summed E-state index contributed by atoms with van der Waals surface area (Å²) < 4.78 is 61.7. The lowest BCUT2D eigenvalue weighted by molar-refractivity contribution is 0.207. The van der Waals surface area contributed by atoms with Crippen LogP contribution in [0.4, 0.5) is 0 Å². The molecular weight excluding hydrogens is 309 g/mol. The van der Waals surface area contributed by atoms with Crippen molar-refractivity contribution in [1.29, 1.82) is 0 Å². The molecule has 0 aliphatic rings. The normalized spacial score (nSPS) is 12.7. The molecule has 0 rings (SSSR count). The fraction of sp³-hybridized carbons (Fsp3) is 1.00. The van der Waals surface area contributed by atoms with E-state index in [-0.39, 0.29) is 0 Å². The Hall–Kier alpha value is 0.320. The van der Waals surface area contributed by atoms with Crippen LogP contribution in [0, 0.1) is 0 Å². The van der Waals surface area contributed by atoms with Gasteiger partial charge in [0.1, 0.15) is 0 Å². The molecule has 0 aliphatic heterocycles. The zero-order valence-corrected chi connectivity index (χ0v) is 13.1. The van der Waals surface area contributed by atoms with E-state index in [4.69, 9.17) is 0 Å². The highest BCUT2D eigenvalue weighted by Crippen LogP contribution is 2.51. The molecule has 0 atom stereocenters. The van der Waals surface area contributed by atoms with E-state index in [1.165, 1.54) is 0 Å². The topological polar surface area (TPSA) is 107 Å². The molecular formula is C6H16O9P3+. The van der Waals surface area contributed by atoms with E-state index >= 15 is 0 Å². The van der Waals surface area contributed by atoms with Gasteiger partial charge in [0, 0.05) is 33.0 Å². The maximum Gasteiger partial charge on any atom is 0.698 e. The molecule has 0 aromatic heterocycles. The second-order valence-corrected chi connectivity index (χ2v) is 8.08. The van der Waals surface area contributed by atoms with Gasteiger partial charge in [-0.1, -0.05) is 0 Å². The van der Waals surface area contributed by atoms with E-state index in [1.807, 2.05) is 0 Å². The molecule has 0 saturated heterocycles. The number of hydrogen-bond acceptors (Lipinski definition) is 9. The zero-order valence-electron chi connectivity index (χ0n) is 10.4. The van der Waals surface area contributed by atoms with E-state index in [1.54, 1.807) is 0 Å². The van der Waals surface area contributed by atoms with Crippen LogP contribution >= 0.6 is 23.4 Å². The van der Waals surface area contributed by atoms with Crippen LogP contribution < -0.4 is 0 Å². The van der Waals surface area contributed by atoms with Crippen molar-refractivity contribution in [3.8, 4) is 0 Å². The first kappa shape index (κ1) is 18.3. The van der Waals surface area contributed by atoms with Gasteiger partial charge in [-0.2, -0.15) is 0 Å². The summed E-state index contributed by atoms with van der Waals surface area (Å²) in [7, 11) is -4.87. The highest BCUT2D eigenvalue weighted by atomic mass is 31.2. The Morgan fingerprint density at radius 1 is 0.778 bits per heavy atom. The van der Waals surface area contributed by atoms with Gasteiger partial charge in [0.05, 0.1) is 0 Å². The van der Waals surface area contributed by atoms with Crippen molar-refractivity contribution in [2.45, 2.75) is 0 Å². The molecule has 0 aliphatic carbocycles. The molecule has 0 heterocycles. The largest absolute Gasteiger partial charge is 0.698 e. The predicted molar refractivity (Wildman–Crippen MR) is 62.8 cm³/mol. The van der Waals surface area contributed by atoms with E-state index in [9.17, 15) is 13.7 Å². The second-order valence-electron chi connectivity index (χ2n) is 2.69. The lowest BCUT2D eigenvalue weighted by Crippen LogP contribution is -1.98. The Balaban J connectivity index is 4.14. The molecule has 0 bridgehead atoms. The first-order valence-electron chi connectivity index (χ1n) is 4.49. The SMILES string of the molecule is COP(=O)(CO[P+](=O)OCP(=O)(OC)OC)OC. The minimum atomic E-state index is -3.43. The molecule has 0 aromatic carbocycles. The highest BCUT2D eigenvalue weighted by molar-refractivity contribution is 7.54. The average Bonchev–Trinajstić information content (AvgIpc) is 2.42. The van der Waals surface area contributed by atoms with Gasteiger partial charge in [-0.05, 0) is 0 Å². The first-order chi connectivity index (χ1) is 8.34. The van der Waals surface area contributed by atoms with Crippen molar-refractivity contribution in [3.63, 3.8) is 0 Å². The molecule has 0 aromatic rings. The molecule has 0 amide bonds. The molecule has 0 spiro atoms. The van der Waals surface area contributed by atoms with Gasteiger partial charge in [0.15, 0.2) is 0 Å². The smallest absolute Gasteiger partial charge is 0.310 e. The summed E-state index contributed by atoms with van der Waals surface area (Å²) in [4.78, 5) is 0. The van der Waals surface area contributed by atoms with Gasteiger partial charge < -0.3 is 18.1 Å². The Morgan fingerprint density at radius 2 is 1.06 bits per heavy atom. The van der Waals surface area contributed by atoms with Crippen molar-refractivity contribution in [1.82, 2.24) is 0 Å². The Bertz CT molecular complexity index is 308. The summed E-state index contributed by atoms with van der Waals surface area (Å²) >= 11 is 0. The summed E-state index contributed by atoms with van der Waals surface area (Å²) in [5.41, 5.74) is 0. The minimum absolute atomic E-state index is 0.556. The molecule has 12 heteroatoms. The third-order valence-corrected chi connectivity index (χ3v) is 5.96. The Morgan fingerprint density at radius 3 is 1.28 bits per heavy atom. The van der Waals surface area contributed by atoms with Gasteiger partial charge in [-0.15, -0.1) is 9.05 Å². The minimum Gasteiger partial charge on any atom is -0.310 e. The van der Waals surface area contributed by atoms with Crippen LogP contribution in [-0.2, 0) is 40.8 Å². The Kier molecular flexibility index (Phi) is 8.63. The van der Waals surface area contributed by atoms with Crippen LogP contribution in [0.1, 0.15) is 0 Å². The fourth-order valence-corrected chi connectivity index (χ4v) is 3.31. The standard InChI is InChI=1S/C6H16O9P3/c1-10-17(8,11-2)5-14-16(7)15-6-18(9,12-3)13-4/h5-6H2,1-4H3/q+1. The van der Waals surface area contributed by atoms with Crippen LogP contribution in [0.3, 0.4) is 0 Å². The molecule has 9 nitrogen and oxygen atoms in total. The van der Waals surface area contributed by atoms with Crippen molar-refractivity contribution >= 4 is 23.4 Å². The maximum atomic E-state index is 11.5. The van der Waals surface area contributed by atoms with Gasteiger partial charge >= 0.3 is 23.4 Å². The molecule has 0 radical (unpaired) electrons. The van der Waals surface area contributed by atoms with E-state index in [0.717, 1.165) is 28.4 Å². The first-order valence-corrected chi connectivity index (χ1v) is 9.04. The van der Waals surface area contributed by atoms with Gasteiger partial charge in [-0.25, -0.2) is 0 Å². The van der Waals surface area contributed by atoms with Crippen LogP contribution in [0.5, 0.6) is 0 Å². The van der Waals surface area contributed by atoms with Gasteiger partial charge in [0.2, 0.25) is 12.7 Å². The summed E-state index contributed by atoms with van der Waals surface area (Å²) in [5, 5.41) is 0. The van der Waals surface area contributed by atoms with E-state index in [0.29, 0.717) is 0 Å². The van der Waals surface area contributed by atoms with E-state index in [2.05, 4.69) is 27.1 Å². The van der Waals surface area contributed by atoms with Crippen LogP contribution in [0.2, 0.25) is 0 Å². The second kappa shape index (κ2) is 8.48. The summed E-state index contributed by atoms with van der Waals surface area (Å²) in [6.07, 6.45) is -1.11. The number of rotatable bonds is 10. The molecule has 0 fully saturated rings. The average molecular weight is 325 g/mol. The zero-order chi connectivity index (χ0) is 14.2. The van der Waals surface area contributed by atoms with E-state index < -0.39 is 36.1 Å². The fourth-order valence-electron chi connectivity index (χ4n) is 0.633. The molecule has 0 N–H and O–H groups in total. The quantitative estimate of drug-likeness (QED) is 0.560. The van der Waals surface area contributed by atoms with Gasteiger partial charge in [0.25, 0.3) is 0 Å². The van der Waals surface area contributed by atoms with Crippen molar-refractivity contribution in [2.24, 2.45) is 0 Å². The molecule has 108 valence electrons. The summed E-state index contributed by atoms with van der Waals surface area (Å²) in [6.45, 7) is 0. The molecule has 0 unspecified atom stereocenters. The van der Waals surface area contributed by atoms with Crippen LogP contribution in [-0.4, -0.2) is 41.1 Å². The summed E-state index contributed by atoms with van der Waals surface area (Å²) in [5.74, 6) is 0. The molecule has 0 saturated carbocycles. The predicted octanol–water partition coefficient (Wildman–Crippen LogP) is 2.56. The van der Waals surface area contributed by atoms with Crippen LogP contribution in [0.25, 0.3) is 0 Å². The van der Waals surface area contributed by atoms with Gasteiger partial charge in [-0.3, -0.25) is 9.13 Å². The lowest BCUT2D eigenvalue weighted by atomic mass is 11.7. The van der Waals surface area contributed by atoms with Crippen molar-refractivity contribution in [3.05, 3.63) is 0 Å². The third kappa shape index (κ3) is 6.48. The molecule has 18 heavy (non-hydrogen) atoms. The lowest BCUT2D eigenvalue weighted by Gasteiger charge is -2.10. The third-order valence-electron chi connectivity index (χ3n) is 1.76. The monoisotopic (exact) mass is 325 g/mol. The maximum absolute atomic E-state index is 11.5. The van der Waals surface area contributed by atoms with Crippen LogP contribution in [0.15, 0.2) is 0 Å². The van der Waals surface area contributed by atoms with Crippen molar-refractivity contribution in [2.75, 3.05) is 41.1 Å². The highest BCUT2D eigenvalue weighted by Gasteiger charge is 2.34. The van der Waals surface area contributed by atoms with Crippen molar-refractivity contribution < 1.29 is 40.8 Å². The number of hydrogen-bond donors (Lipinski definition) is 0. The summed E-state index contributed by atoms with van der Waals surface area (Å²) in [6, 6.07) is 0. The Labute approximate surface area is 106 Å².